The van der Waals surface area contributed by atoms with Gasteiger partial charge in [0.15, 0.2) is 0 Å². The fraction of sp³-hybridized carbons (Fsp3) is 0.800. The number of carbonyl (C=O) groups excluding carboxylic acids is 1. The summed E-state index contributed by atoms with van der Waals surface area (Å²) in [6.45, 7) is 2.80. The highest BCUT2D eigenvalue weighted by Gasteiger charge is 2.00. The summed E-state index contributed by atoms with van der Waals surface area (Å²) in [6.07, 6.45) is 13.1. The molecular weight excluding hydrogens is 228 g/mol. The standard InChI is InChI=1S/C15H28O3/c1-2-3-4-5-6-7-11-14-18-15(17)12-9-8-10-13-16/h7,11,16H,2-6,8-10,12-14H2,1H3/b11-7-. The highest BCUT2D eigenvalue weighted by molar-refractivity contribution is 5.69. The van der Waals surface area contributed by atoms with Crippen LogP contribution in [0, 0.1) is 0 Å². The fourth-order valence-corrected chi connectivity index (χ4v) is 1.65. The van der Waals surface area contributed by atoms with Gasteiger partial charge in [-0.2, -0.15) is 0 Å². The Kier molecular flexibility index (Phi) is 13.6. The molecule has 18 heavy (non-hydrogen) atoms. The van der Waals surface area contributed by atoms with Crippen LogP contribution in [0.2, 0.25) is 0 Å². The SMILES string of the molecule is CCCCCC/C=C\COC(=O)CCCCCO. The number of ether oxygens (including phenoxy) is 1. The molecule has 0 radical (unpaired) electrons. The van der Waals surface area contributed by atoms with Gasteiger partial charge in [-0.05, 0) is 25.7 Å². The first-order valence-electron chi connectivity index (χ1n) is 7.22. The minimum atomic E-state index is -0.136. The maximum atomic E-state index is 11.3. The smallest absolute Gasteiger partial charge is 0.306 e. The highest BCUT2D eigenvalue weighted by Crippen LogP contribution is 2.03. The third-order valence-corrected chi connectivity index (χ3v) is 2.77. The number of unbranched alkanes of at least 4 members (excludes halogenated alkanes) is 6. The third kappa shape index (κ3) is 13.2. The highest BCUT2D eigenvalue weighted by atomic mass is 16.5. The first kappa shape index (κ1) is 17.2. The van der Waals surface area contributed by atoms with Gasteiger partial charge in [0.1, 0.15) is 6.61 Å². The predicted molar refractivity (Wildman–Crippen MR) is 74.4 cm³/mol. The zero-order valence-corrected chi connectivity index (χ0v) is 11.7. The average Bonchev–Trinajstić information content (AvgIpc) is 2.38. The number of esters is 1. The number of carbonyl (C=O) groups is 1. The molecule has 0 spiro atoms. The molecule has 0 unspecified atom stereocenters. The number of hydrogen-bond donors (Lipinski definition) is 1. The minimum Gasteiger partial charge on any atom is -0.461 e. The summed E-state index contributed by atoms with van der Waals surface area (Å²) in [6, 6.07) is 0. The van der Waals surface area contributed by atoms with Crippen molar-refractivity contribution in [2.45, 2.75) is 64.7 Å². The summed E-state index contributed by atoms with van der Waals surface area (Å²) in [4.78, 5) is 11.3. The van der Waals surface area contributed by atoms with E-state index in [9.17, 15) is 4.79 Å². The van der Waals surface area contributed by atoms with Crippen LogP contribution in [0.15, 0.2) is 12.2 Å². The summed E-state index contributed by atoms with van der Waals surface area (Å²) in [5, 5.41) is 8.58. The molecule has 0 bridgehead atoms. The van der Waals surface area contributed by atoms with Gasteiger partial charge in [0.25, 0.3) is 0 Å². The Bertz CT molecular complexity index is 212. The van der Waals surface area contributed by atoms with Crippen LogP contribution in [0.5, 0.6) is 0 Å². The van der Waals surface area contributed by atoms with E-state index >= 15 is 0 Å². The van der Waals surface area contributed by atoms with Crippen LogP contribution >= 0.6 is 0 Å². The van der Waals surface area contributed by atoms with Gasteiger partial charge < -0.3 is 9.84 Å². The van der Waals surface area contributed by atoms with Crippen LogP contribution in [-0.2, 0) is 9.53 Å². The molecule has 0 aliphatic heterocycles. The largest absolute Gasteiger partial charge is 0.461 e. The lowest BCUT2D eigenvalue weighted by Crippen LogP contribution is -2.04. The molecule has 0 aromatic heterocycles. The lowest BCUT2D eigenvalue weighted by molar-refractivity contribution is -0.142. The van der Waals surface area contributed by atoms with E-state index in [4.69, 9.17) is 9.84 Å². The second-order valence-electron chi connectivity index (χ2n) is 4.54. The molecule has 1 N–H and O–H groups in total. The molecule has 0 amide bonds. The van der Waals surface area contributed by atoms with Crippen LogP contribution in [0.3, 0.4) is 0 Å². The van der Waals surface area contributed by atoms with Crippen molar-refractivity contribution in [2.75, 3.05) is 13.2 Å². The third-order valence-electron chi connectivity index (χ3n) is 2.77. The monoisotopic (exact) mass is 256 g/mol. The summed E-state index contributed by atoms with van der Waals surface area (Å²) in [5.74, 6) is -0.136. The number of allylic oxidation sites excluding steroid dienone is 1. The molecule has 0 fully saturated rings. The quantitative estimate of drug-likeness (QED) is 0.329. The van der Waals surface area contributed by atoms with Crippen LogP contribution in [-0.4, -0.2) is 24.3 Å². The summed E-state index contributed by atoms with van der Waals surface area (Å²) in [5.41, 5.74) is 0. The molecule has 106 valence electrons. The molecule has 0 aromatic rings. The normalized spacial score (nSPS) is 11.0. The summed E-state index contributed by atoms with van der Waals surface area (Å²) >= 11 is 0. The molecule has 0 heterocycles. The number of hydrogen-bond acceptors (Lipinski definition) is 3. The van der Waals surface area contributed by atoms with E-state index in [1.54, 1.807) is 0 Å². The molecule has 3 nitrogen and oxygen atoms in total. The van der Waals surface area contributed by atoms with Crippen molar-refractivity contribution >= 4 is 5.97 Å². The zero-order chi connectivity index (χ0) is 13.5. The molecule has 0 aromatic carbocycles. The van der Waals surface area contributed by atoms with E-state index in [-0.39, 0.29) is 12.6 Å². The Labute approximate surface area is 111 Å². The van der Waals surface area contributed by atoms with Crippen LogP contribution in [0.1, 0.15) is 64.7 Å². The van der Waals surface area contributed by atoms with Crippen molar-refractivity contribution in [1.29, 1.82) is 0 Å². The number of aliphatic hydroxyl groups excluding tert-OH is 1. The van der Waals surface area contributed by atoms with Crippen LogP contribution in [0.25, 0.3) is 0 Å². The first-order valence-corrected chi connectivity index (χ1v) is 7.22. The van der Waals surface area contributed by atoms with Gasteiger partial charge in [-0.3, -0.25) is 4.79 Å². The maximum absolute atomic E-state index is 11.3. The maximum Gasteiger partial charge on any atom is 0.306 e. The van der Waals surface area contributed by atoms with Crippen molar-refractivity contribution in [1.82, 2.24) is 0 Å². The lowest BCUT2D eigenvalue weighted by Gasteiger charge is -2.01. The molecule has 0 saturated carbocycles. The Balaban J connectivity index is 3.25. The predicted octanol–water partition coefficient (Wildman–Crippen LogP) is 3.61. The molecular formula is C15H28O3. The van der Waals surface area contributed by atoms with Gasteiger partial charge in [0.05, 0.1) is 0 Å². The van der Waals surface area contributed by atoms with Gasteiger partial charge in [0.2, 0.25) is 0 Å². The summed E-state index contributed by atoms with van der Waals surface area (Å²) in [7, 11) is 0. The van der Waals surface area contributed by atoms with E-state index in [0.717, 1.165) is 25.7 Å². The van der Waals surface area contributed by atoms with Gasteiger partial charge >= 0.3 is 5.97 Å². The van der Waals surface area contributed by atoms with E-state index in [1.807, 2.05) is 6.08 Å². The van der Waals surface area contributed by atoms with Crippen LogP contribution in [0.4, 0.5) is 0 Å². The molecule has 0 saturated heterocycles. The van der Waals surface area contributed by atoms with Crippen molar-refractivity contribution in [3.63, 3.8) is 0 Å². The first-order chi connectivity index (χ1) is 8.81. The fourth-order valence-electron chi connectivity index (χ4n) is 1.65. The Hall–Kier alpha value is -0.830. The van der Waals surface area contributed by atoms with Gasteiger partial charge in [-0.25, -0.2) is 0 Å². The number of aliphatic hydroxyl groups is 1. The zero-order valence-electron chi connectivity index (χ0n) is 11.7. The van der Waals surface area contributed by atoms with E-state index in [1.165, 1.54) is 25.7 Å². The second kappa shape index (κ2) is 14.2. The molecule has 3 heteroatoms. The van der Waals surface area contributed by atoms with Crippen molar-refractivity contribution in [3.8, 4) is 0 Å². The lowest BCUT2D eigenvalue weighted by atomic mass is 10.1. The van der Waals surface area contributed by atoms with E-state index in [2.05, 4.69) is 13.0 Å². The molecule has 0 atom stereocenters. The van der Waals surface area contributed by atoms with Gasteiger partial charge in [-0.15, -0.1) is 0 Å². The number of rotatable bonds is 12. The van der Waals surface area contributed by atoms with E-state index < -0.39 is 0 Å². The topological polar surface area (TPSA) is 46.5 Å². The Morgan fingerprint density at radius 3 is 2.56 bits per heavy atom. The Morgan fingerprint density at radius 2 is 1.83 bits per heavy atom. The van der Waals surface area contributed by atoms with Crippen molar-refractivity contribution in [2.24, 2.45) is 0 Å². The molecule has 0 aliphatic rings. The Morgan fingerprint density at radius 1 is 1.06 bits per heavy atom. The van der Waals surface area contributed by atoms with Gasteiger partial charge in [0, 0.05) is 13.0 Å². The minimum absolute atomic E-state index is 0.136. The molecule has 0 rings (SSSR count). The van der Waals surface area contributed by atoms with Crippen molar-refractivity contribution < 1.29 is 14.6 Å². The second-order valence-corrected chi connectivity index (χ2v) is 4.54. The van der Waals surface area contributed by atoms with Crippen molar-refractivity contribution in [3.05, 3.63) is 12.2 Å². The summed E-state index contributed by atoms with van der Waals surface area (Å²) < 4.78 is 5.06. The average molecular weight is 256 g/mol. The van der Waals surface area contributed by atoms with Crippen LogP contribution < -0.4 is 0 Å². The van der Waals surface area contributed by atoms with E-state index in [0.29, 0.717) is 13.0 Å². The molecule has 0 aliphatic carbocycles. The van der Waals surface area contributed by atoms with Gasteiger partial charge in [-0.1, -0.05) is 44.8 Å².